The molecule has 0 aromatic carbocycles. The van der Waals surface area contributed by atoms with E-state index in [1.807, 2.05) is 24.9 Å². The number of aromatic nitrogens is 1. The lowest BCUT2D eigenvalue weighted by atomic mass is 10.2. The monoisotopic (exact) mass is 224 g/mol. The molecular weight excluding hydrogens is 204 g/mol. The van der Waals surface area contributed by atoms with E-state index >= 15 is 0 Å². The SMILES string of the molecule is CSCCC(C)NCc1ccc(C)nc1. The molecule has 0 aliphatic carbocycles. The van der Waals surface area contributed by atoms with E-state index in [0.29, 0.717) is 6.04 Å². The van der Waals surface area contributed by atoms with Gasteiger partial charge in [0.1, 0.15) is 0 Å². The Morgan fingerprint density at radius 1 is 1.47 bits per heavy atom. The molecular formula is C12H20N2S. The Hall–Kier alpha value is -0.540. The highest BCUT2D eigenvalue weighted by molar-refractivity contribution is 7.98. The molecule has 1 unspecified atom stereocenters. The number of rotatable bonds is 6. The van der Waals surface area contributed by atoms with Crippen LogP contribution in [0.15, 0.2) is 18.3 Å². The van der Waals surface area contributed by atoms with Crippen LogP contribution in [0.4, 0.5) is 0 Å². The van der Waals surface area contributed by atoms with Crippen LogP contribution in [0.2, 0.25) is 0 Å². The summed E-state index contributed by atoms with van der Waals surface area (Å²) < 4.78 is 0. The van der Waals surface area contributed by atoms with E-state index < -0.39 is 0 Å². The minimum absolute atomic E-state index is 0.582. The molecule has 1 N–H and O–H groups in total. The highest BCUT2D eigenvalue weighted by atomic mass is 32.2. The summed E-state index contributed by atoms with van der Waals surface area (Å²) >= 11 is 1.90. The zero-order valence-corrected chi connectivity index (χ0v) is 10.6. The van der Waals surface area contributed by atoms with Gasteiger partial charge in [0.05, 0.1) is 0 Å². The summed E-state index contributed by atoms with van der Waals surface area (Å²) in [6.07, 6.45) is 5.32. The van der Waals surface area contributed by atoms with Crippen molar-refractivity contribution < 1.29 is 0 Å². The van der Waals surface area contributed by atoms with Crippen LogP contribution in [0.25, 0.3) is 0 Å². The fraction of sp³-hybridized carbons (Fsp3) is 0.583. The highest BCUT2D eigenvalue weighted by Gasteiger charge is 2.00. The van der Waals surface area contributed by atoms with Crippen molar-refractivity contribution in [2.75, 3.05) is 12.0 Å². The quantitative estimate of drug-likeness (QED) is 0.804. The molecule has 0 aliphatic heterocycles. The van der Waals surface area contributed by atoms with E-state index in [1.54, 1.807) is 0 Å². The average molecular weight is 224 g/mol. The zero-order valence-electron chi connectivity index (χ0n) is 9.79. The predicted molar refractivity (Wildman–Crippen MR) is 68.3 cm³/mol. The second-order valence-corrected chi connectivity index (χ2v) is 4.86. The number of thioether (sulfide) groups is 1. The number of hydrogen-bond acceptors (Lipinski definition) is 3. The van der Waals surface area contributed by atoms with Crippen molar-refractivity contribution in [3.8, 4) is 0 Å². The number of nitrogens with zero attached hydrogens (tertiary/aromatic N) is 1. The molecule has 1 rings (SSSR count). The standard InChI is InChI=1S/C12H20N2S/c1-10-4-5-12(8-13-10)9-14-11(2)6-7-15-3/h4-5,8,11,14H,6-7,9H2,1-3H3. The van der Waals surface area contributed by atoms with Crippen LogP contribution < -0.4 is 5.32 Å². The summed E-state index contributed by atoms with van der Waals surface area (Å²) in [6.45, 7) is 5.17. The topological polar surface area (TPSA) is 24.9 Å². The van der Waals surface area contributed by atoms with Crippen molar-refractivity contribution in [1.82, 2.24) is 10.3 Å². The molecule has 1 atom stereocenters. The van der Waals surface area contributed by atoms with Gasteiger partial charge in [-0.2, -0.15) is 11.8 Å². The van der Waals surface area contributed by atoms with Gasteiger partial charge in [0, 0.05) is 24.5 Å². The van der Waals surface area contributed by atoms with Gasteiger partial charge in [0.15, 0.2) is 0 Å². The molecule has 3 heteroatoms. The maximum absolute atomic E-state index is 4.28. The van der Waals surface area contributed by atoms with Gasteiger partial charge < -0.3 is 5.32 Å². The number of hydrogen-bond donors (Lipinski definition) is 1. The average Bonchev–Trinajstić information content (AvgIpc) is 2.25. The first-order valence-corrected chi connectivity index (χ1v) is 6.75. The maximum atomic E-state index is 4.28. The van der Waals surface area contributed by atoms with Crippen LogP contribution in [0.3, 0.4) is 0 Å². The molecule has 0 bridgehead atoms. The molecule has 0 radical (unpaired) electrons. The van der Waals surface area contributed by atoms with Gasteiger partial charge in [-0.3, -0.25) is 4.98 Å². The Bertz CT molecular complexity index is 271. The number of pyridine rings is 1. The van der Waals surface area contributed by atoms with Gasteiger partial charge in [0.2, 0.25) is 0 Å². The Labute approximate surface area is 96.9 Å². The van der Waals surface area contributed by atoms with E-state index in [1.165, 1.54) is 17.7 Å². The van der Waals surface area contributed by atoms with Crippen molar-refractivity contribution in [2.24, 2.45) is 0 Å². The summed E-state index contributed by atoms with van der Waals surface area (Å²) in [5.74, 6) is 1.22. The van der Waals surface area contributed by atoms with Crippen LogP contribution >= 0.6 is 11.8 Å². The van der Waals surface area contributed by atoms with Gasteiger partial charge in [0.25, 0.3) is 0 Å². The molecule has 0 spiro atoms. The van der Waals surface area contributed by atoms with E-state index in [0.717, 1.165) is 12.2 Å². The summed E-state index contributed by atoms with van der Waals surface area (Å²) in [6, 6.07) is 4.78. The first-order valence-electron chi connectivity index (χ1n) is 5.36. The highest BCUT2D eigenvalue weighted by Crippen LogP contribution is 2.02. The van der Waals surface area contributed by atoms with E-state index in [2.05, 4.69) is 35.6 Å². The molecule has 0 amide bonds. The lowest BCUT2D eigenvalue weighted by molar-refractivity contribution is 0.537. The molecule has 1 aromatic heterocycles. The third-order valence-corrected chi connectivity index (χ3v) is 3.03. The van der Waals surface area contributed by atoms with Crippen LogP contribution in [-0.2, 0) is 6.54 Å². The predicted octanol–water partition coefficient (Wildman–Crippen LogP) is 2.62. The second-order valence-electron chi connectivity index (χ2n) is 3.87. The minimum atomic E-state index is 0.582. The largest absolute Gasteiger partial charge is 0.310 e. The normalized spacial score (nSPS) is 12.7. The van der Waals surface area contributed by atoms with Gasteiger partial charge in [-0.15, -0.1) is 0 Å². The molecule has 2 nitrogen and oxygen atoms in total. The summed E-state index contributed by atoms with van der Waals surface area (Å²) in [7, 11) is 0. The lowest BCUT2D eigenvalue weighted by Gasteiger charge is -2.12. The first-order chi connectivity index (χ1) is 7.22. The fourth-order valence-electron chi connectivity index (χ4n) is 1.29. The van der Waals surface area contributed by atoms with Crippen LogP contribution in [0.1, 0.15) is 24.6 Å². The number of aryl methyl sites for hydroxylation is 1. The molecule has 1 heterocycles. The summed E-state index contributed by atoms with van der Waals surface area (Å²) in [5, 5.41) is 3.50. The van der Waals surface area contributed by atoms with Gasteiger partial charge in [-0.1, -0.05) is 6.07 Å². The lowest BCUT2D eigenvalue weighted by Crippen LogP contribution is -2.26. The third-order valence-electron chi connectivity index (χ3n) is 2.38. The van der Waals surface area contributed by atoms with Gasteiger partial charge in [-0.25, -0.2) is 0 Å². The Morgan fingerprint density at radius 3 is 2.87 bits per heavy atom. The zero-order chi connectivity index (χ0) is 11.1. The van der Waals surface area contributed by atoms with Crippen molar-refractivity contribution in [3.63, 3.8) is 0 Å². The minimum Gasteiger partial charge on any atom is -0.310 e. The van der Waals surface area contributed by atoms with Gasteiger partial charge >= 0.3 is 0 Å². The van der Waals surface area contributed by atoms with Crippen LogP contribution in [0, 0.1) is 6.92 Å². The Balaban J connectivity index is 2.27. The van der Waals surface area contributed by atoms with Crippen molar-refractivity contribution >= 4 is 11.8 Å². The molecule has 0 saturated carbocycles. The van der Waals surface area contributed by atoms with E-state index in [-0.39, 0.29) is 0 Å². The van der Waals surface area contributed by atoms with Gasteiger partial charge in [-0.05, 0) is 43.9 Å². The molecule has 0 saturated heterocycles. The van der Waals surface area contributed by atoms with Crippen molar-refractivity contribution in [2.45, 2.75) is 32.9 Å². The summed E-state index contributed by atoms with van der Waals surface area (Å²) in [5.41, 5.74) is 2.34. The van der Waals surface area contributed by atoms with E-state index in [4.69, 9.17) is 0 Å². The molecule has 0 fully saturated rings. The fourth-order valence-corrected chi connectivity index (χ4v) is 1.88. The number of nitrogens with one attached hydrogen (secondary N) is 1. The first kappa shape index (κ1) is 12.5. The van der Waals surface area contributed by atoms with Crippen molar-refractivity contribution in [3.05, 3.63) is 29.6 Å². The molecule has 1 aromatic rings. The second kappa shape index (κ2) is 6.85. The Kier molecular flexibility index (Phi) is 5.73. The maximum Gasteiger partial charge on any atom is 0.0372 e. The van der Waals surface area contributed by atoms with Crippen LogP contribution in [-0.4, -0.2) is 23.0 Å². The van der Waals surface area contributed by atoms with E-state index in [9.17, 15) is 0 Å². The molecule has 15 heavy (non-hydrogen) atoms. The third kappa shape index (κ3) is 5.19. The molecule has 84 valence electrons. The Morgan fingerprint density at radius 2 is 2.27 bits per heavy atom. The van der Waals surface area contributed by atoms with Crippen molar-refractivity contribution in [1.29, 1.82) is 0 Å². The summed E-state index contributed by atoms with van der Waals surface area (Å²) in [4.78, 5) is 4.28. The smallest absolute Gasteiger partial charge is 0.0372 e. The molecule has 0 aliphatic rings. The van der Waals surface area contributed by atoms with Crippen LogP contribution in [0.5, 0.6) is 0 Å².